The van der Waals surface area contributed by atoms with Crippen molar-refractivity contribution in [3.63, 3.8) is 0 Å². The Morgan fingerprint density at radius 2 is 1.72 bits per heavy atom. The number of rotatable bonds is 5. The number of nitrogens with zero attached hydrogens (tertiary/aromatic N) is 2. The number of hydrogen-bond acceptors (Lipinski definition) is 4. The van der Waals surface area contributed by atoms with Crippen LogP contribution in [-0.4, -0.2) is 16.8 Å². The molecule has 29 heavy (non-hydrogen) atoms. The lowest BCUT2D eigenvalue weighted by Gasteiger charge is -2.17. The second kappa shape index (κ2) is 8.84. The zero-order valence-electron chi connectivity index (χ0n) is 16.9. The Hall–Kier alpha value is -3.25. The standard InChI is InChI=1S/C23H23N3O2S/c1-15-12-16(2)22(17(3)13-15)25-21(28)11-10-19-14-29-23(24-19)26(18(4)27)20-8-6-5-7-9-20/h5-14H,1-4H3,(H,25,28). The Labute approximate surface area is 174 Å². The van der Waals surface area contributed by atoms with Gasteiger partial charge in [0.2, 0.25) is 11.8 Å². The summed E-state index contributed by atoms with van der Waals surface area (Å²) in [5.41, 5.74) is 5.43. The lowest BCUT2D eigenvalue weighted by molar-refractivity contribution is -0.116. The first-order valence-corrected chi connectivity index (χ1v) is 10.1. The number of aromatic nitrogens is 1. The molecule has 1 heterocycles. The minimum Gasteiger partial charge on any atom is -0.322 e. The first-order valence-electron chi connectivity index (χ1n) is 9.23. The molecule has 1 N–H and O–H groups in total. The number of para-hydroxylation sites is 1. The van der Waals surface area contributed by atoms with E-state index in [1.807, 2.05) is 68.6 Å². The van der Waals surface area contributed by atoms with Crippen molar-refractivity contribution in [3.05, 3.63) is 76.3 Å². The van der Waals surface area contributed by atoms with Gasteiger partial charge in [0, 0.05) is 24.1 Å². The molecule has 3 rings (SSSR count). The summed E-state index contributed by atoms with van der Waals surface area (Å²) in [6, 6.07) is 13.4. The van der Waals surface area contributed by atoms with Gasteiger partial charge in [-0.15, -0.1) is 11.3 Å². The maximum absolute atomic E-state index is 12.4. The maximum atomic E-state index is 12.4. The molecule has 1 aromatic heterocycles. The Balaban J connectivity index is 1.75. The van der Waals surface area contributed by atoms with Crippen molar-refractivity contribution in [1.82, 2.24) is 4.98 Å². The lowest BCUT2D eigenvalue weighted by atomic mass is 10.1. The van der Waals surface area contributed by atoms with Gasteiger partial charge >= 0.3 is 0 Å². The van der Waals surface area contributed by atoms with Crippen LogP contribution < -0.4 is 10.2 Å². The fourth-order valence-corrected chi connectivity index (χ4v) is 4.02. The molecule has 0 bridgehead atoms. The van der Waals surface area contributed by atoms with Gasteiger partial charge in [-0.05, 0) is 50.1 Å². The van der Waals surface area contributed by atoms with Gasteiger partial charge in [0.25, 0.3) is 0 Å². The molecule has 148 valence electrons. The van der Waals surface area contributed by atoms with E-state index >= 15 is 0 Å². The van der Waals surface area contributed by atoms with Gasteiger partial charge in [-0.25, -0.2) is 4.98 Å². The fourth-order valence-electron chi connectivity index (χ4n) is 3.16. The molecule has 0 saturated heterocycles. The monoisotopic (exact) mass is 405 g/mol. The normalized spacial score (nSPS) is 10.9. The summed E-state index contributed by atoms with van der Waals surface area (Å²) < 4.78 is 0. The van der Waals surface area contributed by atoms with Crippen molar-refractivity contribution in [2.24, 2.45) is 0 Å². The first kappa shape index (κ1) is 20.5. The molecule has 0 saturated carbocycles. The van der Waals surface area contributed by atoms with E-state index in [9.17, 15) is 9.59 Å². The van der Waals surface area contributed by atoms with E-state index < -0.39 is 0 Å². The van der Waals surface area contributed by atoms with Crippen LogP contribution in [0, 0.1) is 20.8 Å². The van der Waals surface area contributed by atoms with Gasteiger partial charge in [0.05, 0.1) is 11.4 Å². The second-order valence-electron chi connectivity index (χ2n) is 6.84. The minimum atomic E-state index is -0.221. The Morgan fingerprint density at radius 1 is 1.07 bits per heavy atom. The Morgan fingerprint density at radius 3 is 2.34 bits per heavy atom. The number of amides is 2. The van der Waals surface area contributed by atoms with E-state index in [2.05, 4.69) is 10.3 Å². The number of aryl methyl sites for hydroxylation is 3. The van der Waals surface area contributed by atoms with Crippen LogP contribution in [0.3, 0.4) is 0 Å². The number of carbonyl (C=O) groups excluding carboxylic acids is 2. The number of nitrogens with one attached hydrogen (secondary N) is 1. The summed E-state index contributed by atoms with van der Waals surface area (Å²) in [6.07, 6.45) is 3.11. The number of thiazole rings is 1. The minimum absolute atomic E-state index is 0.121. The van der Waals surface area contributed by atoms with Crippen LogP contribution in [0.25, 0.3) is 6.08 Å². The summed E-state index contributed by atoms with van der Waals surface area (Å²) in [6.45, 7) is 7.49. The number of benzene rings is 2. The van der Waals surface area contributed by atoms with E-state index in [1.165, 1.54) is 24.3 Å². The molecule has 6 heteroatoms. The van der Waals surface area contributed by atoms with Crippen LogP contribution in [0.5, 0.6) is 0 Å². The predicted molar refractivity (Wildman–Crippen MR) is 120 cm³/mol. The number of carbonyl (C=O) groups is 2. The molecule has 0 fully saturated rings. The molecule has 0 aliphatic heterocycles. The van der Waals surface area contributed by atoms with Gasteiger partial charge in [-0.3, -0.25) is 14.5 Å². The van der Waals surface area contributed by atoms with Crippen molar-refractivity contribution in [1.29, 1.82) is 0 Å². The molecular weight excluding hydrogens is 382 g/mol. The van der Waals surface area contributed by atoms with Gasteiger partial charge in [0.1, 0.15) is 0 Å². The smallest absolute Gasteiger partial charge is 0.248 e. The molecule has 0 spiro atoms. The highest BCUT2D eigenvalue weighted by molar-refractivity contribution is 7.14. The summed E-state index contributed by atoms with van der Waals surface area (Å²) in [7, 11) is 0. The average Bonchev–Trinajstić information content (AvgIpc) is 3.12. The van der Waals surface area contributed by atoms with Crippen LogP contribution in [0.4, 0.5) is 16.5 Å². The maximum Gasteiger partial charge on any atom is 0.248 e. The van der Waals surface area contributed by atoms with Gasteiger partial charge in [0.15, 0.2) is 5.13 Å². The highest BCUT2D eigenvalue weighted by Crippen LogP contribution is 2.29. The topological polar surface area (TPSA) is 62.3 Å². The van der Waals surface area contributed by atoms with Gasteiger partial charge < -0.3 is 5.32 Å². The zero-order chi connectivity index (χ0) is 21.0. The molecule has 0 unspecified atom stereocenters. The first-order chi connectivity index (χ1) is 13.8. The van der Waals surface area contributed by atoms with Crippen molar-refractivity contribution < 1.29 is 9.59 Å². The third-order valence-electron chi connectivity index (χ3n) is 4.36. The van der Waals surface area contributed by atoms with E-state index in [-0.39, 0.29) is 11.8 Å². The van der Waals surface area contributed by atoms with Crippen molar-refractivity contribution in [3.8, 4) is 0 Å². The molecule has 0 radical (unpaired) electrons. The second-order valence-corrected chi connectivity index (χ2v) is 7.68. The summed E-state index contributed by atoms with van der Waals surface area (Å²) >= 11 is 1.35. The third-order valence-corrected chi connectivity index (χ3v) is 5.21. The summed E-state index contributed by atoms with van der Waals surface area (Å²) in [4.78, 5) is 30.5. The Kier molecular flexibility index (Phi) is 6.24. The van der Waals surface area contributed by atoms with E-state index in [1.54, 1.807) is 11.0 Å². The van der Waals surface area contributed by atoms with E-state index in [0.717, 1.165) is 28.1 Å². The van der Waals surface area contributed by atoms with Gasteiger partial charge in [-0.1, -0.05) is 35.9 Å². The number of anilines is 3. The van der Waals surface area contributed by atoms with Crippen molar-refractivity contribution in [2.45, 2.75) is 27.7 Å². The van der Waals surface area contributed by atoms with Crippen LogP contribution in [-0.2, 0) is 9.59 Å². The van der Waals surface area contributed by atoms with Crippen LogP contribution in [0.1, 0.15) is 29.3 Å². The molecule has 0 aliphatic carbocycles. The summed E-state index contributed by atoms with van der Waals surface area (Å²) in [5.74, 6) is -0.342. The Bertz CT molecular complexity index is 1050. The van der Waals surface area contributed by atoms with Crippen molar-refractivity contribution >= 4 is 45.7 Å². The highest BCUT2D eigenvalue weighted by atomic mass is 32.1. The van der Waals surface area contributed by atoms with Crippen molar-refractivity contribution in [2.75, 3.05) is 10.2 Å². The molecule has 0 aliphatic rings. The zero-order valence-corrected chi connectivity index (χ0v) is 17.7. The predicted octanol–water partition coefficient (Wildman–Crippen LogP) is 5.40. The third kappa shape index (κ3) is 4.97. The molecule has 0 atom stereocenters. The molecule has 5 nitrogen and oxygen atoms in total. The molecule has 2 amide bonds. The fraction of sp³-hybridized carbons (Fsp3) is 0.174. The van der Waals surface area contributed by atoms with Crippen LogP contribution in [0.15, 0.2) is 53.9 Å². The highest BCUT2D eigenvalue weighted by Gasteiger charge is 2.17. The van der Waals surface area contributed by atoms with Crippen LogP contribution in [0.2, 0.25) is 0 Å². The van der Waals surface area contributed by atoms with E-state index in [4.69, 9.17) is 0 Å². The lowest BCUT2D eigenvalue weighted by Crippen LogP contribution is -2.22. The quantitative estimate of drug-likeness (QED) is 0.578. The summed E-state index contributed by atoms with van der Waals surface area (Å²) in [5, 5.41) is 5.32. The van der Waals surface area contributed by atoms with E-state index in [0.29, 0.717) is 10.8 Å². The largest absolute Gasteiger partial charge is 0.322 e. The SMILES string of the molecule is CC(=O)N(c1ccccc1)c1nc(C=CC(=O)Nc2c(C)cc(C)cc2C)cs1. The van der Waals surface area contributed by atoms with Crippen LogP contribution >= 0.6 is 11.3 Å². The molecule has 2 aromatic carbocycles. The van der Waals surface area contributed by atoms with Gasteiger partial charge in [-0.2, -0.15) is 0 Å². The average molecular weight is 406 g/mol. The molecular formula is C23H23N3O2S. The number of hydrogen-bond donors (Lipinski definition) is 1. The molecule has 3 aromatic rings.